The van der Waals surface area contributed by atoms with Gasteiger partial charge >= 0.3 is 0 Å². The van der Waals surface area contributed by atoms with Crippen molar-refractivity contribution in [3.8, 4) is 0 Å². The Kier molecular flexibility index (Phi) is 2.85. The van der Waals surface area contributed by atoms with E-state index in [1.165, 1.54) is 22.2 Å². The van der Waals surface area contributed by atoms with Crippen molar-refractivity contribution in [3.05, 3.63) is 47.5 Å². The predicted octanol–water partition coefficient (Wildman–Crippen LogP) is 2.92. The van der Waals surface area contributed by atoms with E-state index >= 15 is 0 Å². The fourth-order valence-electron chi connectivity index (χ4n) is 2.30. The van der Waals surface area contributed by atoms with Crippen LogP contribution >= 0.6 is 0 Å². The fourth-order valence-corrected chi connectivity index (χ4v) is 2.30. The third-order valence-corrected chi connectivity index (χ3v) is 3.60. The van der Waals surface area contributed by atoms with Crippen molar-refractivity contribution in [3.63, 3.8) is 0 Å². The Morgan fingerprint density at radius 2 is 1.95 bits per heavy atom. The molecule has 0 saturated heterocycles. The predicted molar refractivity (Wildman–Crippen MR) is 76.2 cm³/mol. The van der Waals surface area contributed by atoms with E-state index in [2.05, 4.69) is 53.8 Å². The van der Waals surface area contributed by atoms with Gasteiger partial charge in [0.15, 0.2) is 0 Å². The molecule has 0 saturated carbocycles. The molecule has 0 aliphatic rings. The Hall–Kier alpha value is -2.10. The molecular weight excluding hydrogens is 236 g/mol. The van der Waals surface area contributed by atoms with Crippen LogP contribution in [0.2, 0.25) is 0 Å². The highest BCUT2D eigenvalue weighted by atomic mass is 15.3. The second-order valence-corrected chi connectivity index (χ2v) is 5.00. The molecule has 2 heterocycles. The topological polar surface area (TPSA) is 35.6 Å². The van der Waals surface area contributed by atoms with E-state index in [1.807, 2.05) is 17.2 Å². The van der Waals surface area contributed by atoms with Crippen LogP contribution in [0.3, 0.4) is 0 Å². The molecule has 98 valence electrons. The number of aryl methyl sites for hydroxylation is 3. The van der Waals surface area contributed by atoms with E-state index in [0.717, 1.165) is 18.6 Å². The monoisotopic (exact) mass is 254 g/mol. The molecule has 4 heteroatoms. The van der Waals surface area contributed by atoms with Crippen LogP contribution in [0.15, 0.2) is 30.9 Å². The Bertz CT molecular complexity index is 721. The zero-order valence-corrected chi connectivity index (χ0v) is 11.6. The van der Waals surface area contributed by atoms with Gasteiger partial charge in [-0.1, -0.05) is 0 Å². The zero-order chi connectivity index (χ0) is 13.4. The van der Waals surface area contributed by atoms with E-state index < -0.39 is 0 Å². The summed E-state index contributed by atoms with van der Waals surface area (Å²) in [6.45, 7) is 8.08. The molecule has 3 rings (SSSR count). The Morgan fingerprint density at radius 3 is 2.68 bits per heavy atom. The van der Waals surface area contributed by atoms with E-state index in [-0.39, 0.29) is 0 Å². The molecule has 0 aliphatic heterocycles. The summed E-state index contributed by atoms with van der Waals surface area (Å²) < 4.78 is 4.13. The van der Waals surface area contributed by atoms with Crippen LogP contribution in [-0.2, 0) is 13.1 Å². The molecule has 4 nitrogen and oxygen atoms in total. The van der Waals surface area contributed by atoms with Gasteiger partial charge in [-0.3, -0.25) is 4.68 Å². The summed E-state index contributed by atoms with van der Waals surface area (Å²) in [5.74, 6) is 0. The maximum Gasteiger partial charge on any atom is 0.0961 e. The number of fused-ring (bicyclic) bond motifs is 1. The van der Waals surface area contributed by atoms with Gasteiger partial charge in [-0.2, -0.15) is 5.10 Å². The number of rotatable bonds is 3. The Labute approximate surface area is 112 Å². The largest absolute Gasteiger partial charge is 0.326 e. The summed E-state index contributed by atoms with van der Waals surface area (Å²) in [6, 6.07) is 4.36. The highest BCUT2D eigenvalue weighted by Crippen LogP contribution is 2.19. The second-order valence-electron chi connectivity index (χ2n) is 5.00. The average molecular weight is 254 g/mol. The first-order valence-corrected chi connectivity index (χ1v) is 6.61. The molecule has 2 aromatic heterocycles. The van der Waals surface area contributed by atoms with Crippen molar-refractivity contribution in [2.24, 2.45) is 0 Å². The number of aromatic nitrogens is 4. The molecule has 19 heavy (non-hydrogen) atoms. The van der Waals surface area contributed by atoms with Crippen LogP contribution in [0.4, 0.5) is 0 Å². The van der Waals surface area contributed by atoms with Gasteiger partial charge in [0, 0.05) is 18.3 Å². The lowest BCUT2D eigenvalue weighted by Gasteiger charge is -2.04. The summed E-state index contributed by atoms with van der Waals surface area (Å²) in [6.07, 6.45) is 5.93. The highest BCUT2D eigenvalue weighted by molar-refractivity contribution is 5.77. The number of hydrogen-bond donors (Lipinski definition) is 0. The normalized spacial score (nSPS) is 11.3. The van der Waals surface area contributed by atoms with Crippen molar-refractivity contribution in [2.75, 3.05) is 0 Å². The molecule has 3 aromatic rings. The van der Waals surface area contributed by atoms with Crippen LogP contribution in [0.5, 0.6) is 0 Å². The first-order valence-electron chi connectivity index (χ1n) is 6.61. The van der Waals surface area contributed by atoms with Gasteiger partial charge in [-0.05, 0) is 44.0 Å². The van der Waals surface area contributed by atoms with Crippen LogP contribution in [0.25, 0.3) is 11.0 Å². The van der Waals surface area contributed by atoms with E-state index in [4.69, 9.17) is 0 Å². The molecule has 0 fully saturated rings. The number of benzene rings is 1. The van der Waals surface area contributed by atoms with Crippen LogP contribution in [0.1, 0.15) is 23.6 Å². The lowest BCUT2D eigenvalue weighted by atomic mass is 10.1. The molecular formula is C15H18N4. The summed E-state index contributed by atoms with van der Waals surface area (Å²) in [5.41, 5.74) is 6.05. The molecule has 0 unspecified atom stereocenters. The number of hydrogen-bond acceptors (Lipinski definition) is 2. The molecule has 0 atom stereocenters. The summed E-state index contributed by atoms with van der Waals surface area (Å²) in [5, 5.41) is 4.31. The van der Waals surface area contributed by atoms with Crippen molar-refractivity contribution in [2.45, 2.75) is 33.9 Å². The van der Waals surface area contributed by atoms with Gasteiger partial charge in [-0.15, -0.1) is 0 Å². The van der Waals surface area contributed by atoms with Gasteiger partial charge in [0.25, 0.3) is 0 Å². The quantitative estimate of drug-likeness (QED) is 0.720. The van der Waals surface area contributed by atoms with E-state index in [0.29, 0.717) is 0 Å². The fraction of sp³-hybridized carbons (Fsp3) is 0.333. The third-order valence-electron chi connectivity index (χ3n) is 3.60. The first-order chi connectivity index (χ1) is 9.17. The van der Waals surface area contributed by atoms with E-state index in [9.17, 15) is 0 Å². The lowest BCUT2D eigenvalue weighted by molar-refractivity contribution is 0.658. The van der Waals surface area contributed by atoms with Crippen molar-refractivity contribution in [1.82, 2.24) is 19.3 Å². The molecule has 1 aromatic carbocycles. The van der Waals surface area contributed by atoms with Crippen LogP contribution in [0, 0.1) is 13.8 Å². The Morgan fingerprint density at radius 1 is 1.16 bits per heavy atom. The highest BCUT2D eigenvalue weighted by Gasteiger charge is 2.06. The maximum atomic E-state index is 4.48. The summed E-state index contributed by atoms with van der Waals surface area (Å²) in [7, 11) is 0. The maximum absolute atomic E-state index is 4.48. The van der Waals surface area contributed by atoms with Crippen molar-refractivity contribution in [1.29, 1.82) is 0 Å². The molecule has 0 spiro atoms. The summed E-state index contributed by atoms with van der Waals surface area (Å²) in [4.78, 5) is 4.48. The molecule has 0 radical (unpaired) electrons. The van der Waals surface area contributed by atoms with Gasteiger partial charge in [0.05, 0.1) is 30.1 Å². The molecule has 0 aliphatic carbocycles. The molecule has 0 bridgehead atoms. The average Bonchev–Trinajstić information content (AvgIpc) is 2.99. The number of imidazole rings is 1. The van der Waals surface area contributed by atoms with Crippen LogP contribution in [-0.4, -0.2) is 19.3 Å². The Balaban J connectivity index is 1.98. The second kappa shape index (κ2) is 4.53. The molecule has 0 amide bonds. The van der Waals surface area contributed by atoms with Gasteiger partial charge in [0.1, 0.15) is 0 Å². The minimum Gasteiger partial charge on any atom is -0.326 e. The summed E-state index contributed by atoms with van der Waals surface area (Å²) >= 11 is 0. The standard InChI is InChI=1S/C15H18N4/c1-4-19-9-13(7-17-19)8-18-10-16-14-5-11(2)12(3)6-15(14)18/h5-7,9-10H,4,8H2,1-3H3. The van der Waals surface area contributed by atoms with Crippen molar-refractivity contribution >= 4 is 11.0 Å². The van der Waals surface area contributed by atoms with Crippen LogP contribution < -0.4 is 0 Å². The van der Waals surface area contributed by atoms with Gasteiger partial charge in [0.2, 0.25) is 0 Å². The van der Waals surface area contributed by atoms with Gasteiger partial charge < -0.3 is 4.57 Å². The number of nitrogens with zero attached hydrogens (tertiary/aromatic N) is 4. The third kappa shape index (κ3) is 2.14. The lowest BCUT2D eigenvalue weighted by Crippen LogP contribution is -1.97. The molecule has 0 N–H and O–H groups in total. The SMILES string of the molecule is CCn1cc(Cn2cnc3cc(C)c(C)cc32)cn1. The van der Waals surface area contributed by atoms with Crippen molar-refractivity contribution < 1.29 is 0 Å². The minimum atomic E-state index is 0.818. The minimum absolute atomic E-state index is 0.818. The van der Waals surface area contributed by atoms with Gasteiger partial charge in [-0.25, -0.2) is 4.98 Å². The van der Waals surface area contributed by atoms with E-state index in [1.54, 1.807) is 0 Å². The smallest absolute Gasteiger partial charge is 0.0961 e. The zero-order valence-electron chi connectivity index (χ0n) is 11.6. The first kappa shape index (κ1) is 12.0.